The van der Waals surface area contributed by atoms with Crippen LogP contribution in [0.15, 0.2) is 162 Å². The first-order chi connectivity index (χ1) is 24.3. The van der Waals surface area contributed by atoms with E-state index in [1.807, 2.05) is 78.9 Å². The smallest absolute Gasteiger partial charge is 0.164 e. The Balaban J connectivity index is 1.26. The van der Waals surface area contributed by atoms with Crippen molar-refractivity contribution in [1.82, 2.24) is 19.9 Å². The largest absolute Gasteiger partial charge is 0.454 e. The summed E-state index contributed by atoms with van der Waals surface area (Å²) in [5.74, 6) is 1.77. The normalized spacial score (nSPS) is 11.7. The summed E-state index contributed by atoms with van der Waals surface area (Å²) in [5, 5.41) is 6.76. The average Bonchev–Trinajstić information content (AvgIpc) is 3.55. The fraction of sp³-hybridized carbons (Fsp3) is 0. The highest BCUT2D eigenvalue weighted by Gasteiger charge is 2.22. The minimum absolute atomic E-state index is 0.562. The van der Waals surface area contributed by atoms with Crippen molar-refractivity contribution in [2.24, 2.45) is 0 Å². The van der Waals surface area contributed by atoms with Crippen LogP contribution in [0.1, 0.15) is 0 Å². The van der Waals surface area contributed by atoms with E-state index >= 15 is 0 Å². The fourth-order valence-electron chi connectivity index (χ4n) is 6.91. The first kappa shape index (κ1) is 27.4. The van der Waals surface area contributed by atoms with E-state index < -0.39 is 0 Å². The predicted octanol–water partition coefficient (Wildman–Crippen LogP) is 11.3. The monoisotopic (exact) mass is 626 g/mol. The van der Waals surface area contributed by atoms with Gasteiger partial charge in [0, 0.05) is 27.6 Å². The first-order valence-corrected chi connectivity index (χ1v) is 16.3. The number of aromatic nitrogens is 4. The predicted molar refractivity (Wildman–Crippen MR) is 199 cm³/mol. The van der Waals surface area contributed by atoms with Crippen LogP contribution in [0.5, 0.6) is 0 Å². The van der Waals surface area contributed by atoms with Gasteiger partial charge < -0.3 is 4.42 Å². The summed E-state index contributed by atoms with van der Waals surface area (Å²) in [5.41, 5.74) is 7.86. The highest BCUT2D eigenvalue weighted by molar-refractivity contribution is 6.16. The van der Waals surface area contributed by atoms with Gasteiger partial charge in [0.05, 0.1) is 10.9 Å². The van der Waals surface area contributed by atoms with Gasteiger partial charge in [-0.05, 0) is 57.4 Å². The highest BCUT2D eigenvalue weighted by Crippen LogP contribution is 2.42. The molecular weight excluding hydrogens is 601 g/mol. The lowest BCUT2D eigenvalue weighted by atomic mass is 9.95. The summed E-state index contributed by atoms with van der Waals surface area (Å²) < 4.78 is 6.79. The standard InChI is InChI=1S/C44H26N4O/c1-3-12-28(13-4-1)42-46-43(29-14-5-2-6-15-29)48-44(47-42)36-24-23-35(31-21-22-34-30(25-31)20-19-27-11-7-9-17-33(27)34)41-39(36)40-38(49-41)26-32-16-8-10-18-37(32)45-40/h1-26H. The summed E-state index contributed by atoms with van der Waals surface area (Å²) in [6.07, 6.45) is 0. The molecule has 0 saturated heterocycles. The fourth-order valence-corrected chi connectivity index (χ4v) is 6.91. The molecule has 7 aromatic carbocycles. The second-order valence-electron chi connectivity index (χ2n) is 12.3. The molecule has 0 fully saturated rings. The zero-order chi connectivity index (χ0) is 32.3. The summed E-state index contributed by atoms with van der Waals surface area (Å²) >= 11 is 0. The third-order valence-corrected chi connectivity index (χ3v) is 9.29. The molecule has 0 bridgehead atoms. The van der Waals surface area contributed by atoms with Gasteiger partial charge in [0.15, 0.2) is 23.1 Å². The Hall–Kier alpha value is -6.72. The molecule has 0 aliphatic rings. The SMILES string of the molecule is c1ccc(-c2nc(-c3ccccc3)nc(-c3ccc(-c4ccc5c(ccc6ccccc65)c4)c4oc5cc6ccccc6nc5c34)n2)cc1. The molecule has 49 heavy (non-hydrogen) atoms. The van der Waals surface area contributed by atoms with Crippen LogP contribution in [0.3, 0.4) is 0 Å². The highest BCUT2D eigenvalue weighted by atomic mass is 16.3. The van der Waals surface area contributed by atoms with Crippen molar-refractivity contribution in [1.29, 1.82) is 0 Å². The van der Waals surface area contributed by atoms with Crippen LogP contribution in [0.2, 0.25) is 0 Å². The third-order valence-electron chi connectivity index (χ3n) is 9.29. The Bertz CT molecular complexity index is 2820. The van der Waals surface area contributed by atoms with Gasteiger partial charge in [-0.1, -0.05) is 127 Å². The molecule has 228 valence electrons. The summed E-state index contributed by atoms with van der Waals surface area (Å²) in [4.78, 5) is 20.2. The Labute approximate surface area is 281 Å². The molecule has 0 radical (unpaired) electrons. The van der Waals surface area contributed by atoms with E-state index in [0.717, 1.165) is 60.8 Å². The number of furan rings is 1. The molecule has 0 atom stereocenters. The van der Waals surface area contributed by atoms with Gasteiger partial charge in [-0.25, -0.2) is 19.9 Å². The van der Waals surface area contributed by atoms with E-state index in [4.69, 9.17) is 24.4 Å². The molecule has 10 rings (SSSR count). The number of nitrogens with zero attached hydrogens (tertiary/aromatic N) is 4. The molecule has 10 aromatic rings. The second kappa shape index (κ2) is 10.9. The van der Waals surface area contributed by atoms with Gasteiger partial charge in [-0.15, -0.1) is 0 Å². The molecule has 0 N–H and O–H groups in total. The van der Waals surface area contributed by atoms with E-state index in [-0.39, 0.29) is 0 Å². The molecule has 3 aromatic heterocycles. The lowest BCUT2D eigenvalue weighted by Gasteiger charge is -2.11. The molecule has 5 nitrogen and oxygen atoms in total. The van der Waals surface area contributed by atoms with Gasteiger partial charge in [-0.3, -0.25) is 0 Å². The molecule has 0 aliphatic carbocycles. The van der Waals surface area contributed by atoms with Crippen LogP contribution < -0.4 is 0 Å². The lowest BCUT2D eigenvalue weighted by Crippen LogP contribution is -2.00. The topological polar surface area (TPSA) is 64.7 Å². The number of benzene rings is 7. The van der Waals surface area contributed by atoms with Gasteiger partial charge in [0.1, 0.15) is 11.1 Å². The summed E-state index contributed by atoms with van der Waals surface area (Å²) in [6, 6.07) is 54.1. The summed E-state index contributed by atoms with van der Waals surface area (Å²) in [7, 11) is 0. The van der Waals surface area contributed by atoms with Gasteiger partial charge in [0.25, 0.3) is 0 Å². The average molecular weight is 627 g/mol. The second-order valence-corrected chi connectivity index (χ2v) is 12.3. The minimum atomic E-state index is 0.562. The maximum absolute atomic E-state index is 6.79. The Morgan fingerprint density at radius 2 is 1.00 bits per heavy atom. The number of pyridine rings is 1. The third kappa shape index (κ3) is 4.55. The Morgan fingerprint density at radius 1 is 0.388 bits per heavy atom. The first-order valence-electron chi connectivity index (χ1n) is 16.3. The molecule has 0 spiro atoms. The number of fused-ring (bicyclic) bond motifs is 7. The molecule has 5 heteroatoms. The van der Waals surface area contributed by atoms with Crippen molar-refractivity contribution in [3.8, 4) is 45.3 Å². The minimum Gasteiger partial charge on any atom is -0.454 e. The number of hydrogen-bond acceptors (Lipinski definition) is 5. The molecule has 0 amide bonds. The van der Waals surface area contributed by atoms with Gasteiger partial charge in [-0.2, -0.15) is 0 Å². The van der Waals surface area contributed by atoms with Crippen LogP contribution in [-0.2, 0) is 0 Å². The zero-order valence-corrected chi connectivity index (χ0v) is 26.2. The quantitative estimate of drug-likeness (QED) is 0.182. The van der Waals surface area contributed by atoms with Crippen molar-refractivity contribution in [2.45, 2.75) is 0 Å². The van der Waals surface area contributed by atoms with Crippen LogP contribution >= 0.6 is 0 Å². The van der Waals surface area contributed by atoms with Crippen LogP contribution in [-0.4, -0.2) is 19.9 Å². The zero-order valence-electron chi connectivity index (χ0n) is 26.2. The van der Waals surface area contributed by atoms with Gasteiger partial charge in [0.2, 0.25) is 0 Å². The molecule has 0 aliphatic heterocycles. The Kier molecular flexibility index (Phi) is 6.11. The van der Waals surface area contributed by atoms with E-state index in [9.17, 15) is 0 Å². The van der Waals surface area contributed by atoms with Crippen LogP contribution in [0.4, 0.5) is 0 Å². The van der Waals surface area contributed by atoms with Crippen molar-refractivity contribution >= 4 is 54.5 Å². The van der Waals surface area contributed by atoms with E-state index in [1.54, 1.807) is 0 Å². The van der Waals surface area contributed by atoms with E-state index in [0.29, 0.717) is 17.5 Å². The van der Waals surface area contributed by atoms with Crippen LogP contribution in [0.25, 0.3) is 99.8 Å². The molecule has 3 heterocycles. The molecule has 0 saturated carbocycles. The van der Waals surface area contributed by atoms with E-state index in [1.165, 1.54) is 21.5 Å². The number of rotatable bonds is 4. The van der Waals surface area contributed by atoms with Crippen LogP contribution in [0, 0.1) is 0 Å². The number of hydrogen-bond donors (Lipinski definition) is 0. The molecular formula is C44H26N4O. The van der Waals surface area contributed by atoms with Crippen molar-refractivity contribution in [2.75, 3.05) is 0 Å². The maximum atomic E-state index is 6.79. The Morgan fingerprint density at radius 3 is 1.78 bits per heavy atom. The van der Waals surface area contributed by atoms with Crippen molar-refractivity contribution in [3.63, 3.8) is 0 Å². The molecule has 0 unspecified atom stereocenters. The van der Waals surface area contributed by atoms with Crippen molar-refractivity contribution in [3.05, 3.63) is 158 Å². The maximum Gasteiger partial charge on any atom is 0.164 e. The van der Waals surface area contributed by atoms with E-state index in [2.05, 4.69) is 78.9 Å². The number of para-hydroxylation sites is 1. The summed E-state index contributed by atoms with van der Waals surface area (Å²) in [6.45, 7) is 0. The van der Waals surface area contributed by atoms with Gasteiger partial charge >= 0.3 is 0 Å². The lowest BCUT2D eigenvalue weighted by molar-refractivity contribution is 0.670. The van der Waals surface area contributed by atoms with Crippen molar-refractivity contribution < 1.29 is 4.42 Å².